The predicted molar refractivity (Wildman–Crippen MR) is 107 cm³/mol. The molecule has 0 aliphatic carbocycles. The lowest BCUT2D eigenvalue weighted by molar-refractivity contribution is 0.0846. The van der Waals surface area contributed by atoms with Crippen LogP contribution in [0.2, 0.25) is 0 Å². The molecule has 2 aromatic carbocycles. The third-order valence-electron chi connectivity index (χ3n) is 3.63. The molecule has 0 spiro atoms. The van der Waals surface area contributed by atoms with Crippen molar-refractivity contribution in [2.45, 2.75) is 0 Å². The fraction of sp³-hybridized carbons (Fsp3) is 0.222. The van der Waals surface area contributed by atoms with Gasteiger partial charge in [-0.2, -0.15) is 0 Å². The van der Waals surface area contributed by atoms with Gasteiger partial charge in [0.2, 0.25) is 5.75 Å². The Kier molecular flexibility index (Phi) is 7.11. The molecule has 0 aromatic heterocycles. The summed E-state index contributed by atoms with van der Waals surface area (Å²) in [6.45, 7) is 0. The Morgan fingerprint density at radius 2 is 1.26 bits per heavy atom. The van der Waals surface area contributed by atoms with Crippen molar-refractivity contribution in [1.29, 1.82) is 0 Å². The molecule has 2 aromatic rings. The highest BCUT2D eigenvalue weighted by molar-refractivity contribution is 14.1. The topological polar surface area (TPSA) is 95.1 Å². The number of carbonyl (C=O) groups excluding carboxylic acids is 2. The second-order valence-corrected chi connectivity index (χ2v) is 6.33. The van der Waals surface area contributed by atoms with Crippen LogP contribution in [0.3, 0.4) is 0 Å². The number of amides is 2. The zero-order valence-corrected chi connectivity index (χ0v) is 17.4. The molecule has 9 heteroatoms. The highest BCUT2D eigenvalue weighted by Crippen LogP contribution is 2.38. The number of methoxy groups -OCH3 is 4. The standard InChI is InChI=1S/C18H19IN2O6/c1-24-13-6-5-10(7-12(13)19)17(22)20-21-18(23)11-8-14(25-2)16(27-4)15(9-11)26-3/h5-9H,1-4H3,(H,20,22)(H,21,23). The SMILES string of the molecule is COc1ccc(C(=O)NNC(=O)c2cc(OC)c(OC)c(OC)c2)cc1I. The van der Waals surface area contributed by atoms with Crippen molar-refractivity contribution in [3.8, 4) is 23.0 Å². The molecular weight excluding hydrogens is 467 g/mol. The molecule has 0 radical (unpaired) electrons. The Bertz CT molecular complexity index is 831. The van der Waals surface area contributed by atoms with Gasteiger partial charge in [0.05, 0.1) is 32.0 Å². The molecular formula is C18H19IN2O6. The summed E-state index contributed by atoms with van der Waals surface area (Å²) in [7, 11) is 5.92. The molecule has 144 valence electrons. The van der Waals surface area contributed by atoms with E-state index in [1.807, 2.05) is 0 Å². The van der Waals surface area contributed by atoms with Gasteiger partial charge in [-0.3, -0.25) is 20.4 Å². The van der Waals surface area contributed by atoms with Crippen LogP contribution in [-0.4, -0.2) is 40.3 Å². The van der Waals surface area contributed by atoms with Gasteiger partial charge in [-0.15, -0.1) is 0 Å². The number of hydrogen-bond acceptors (Lipinski definition) is 6. The van der Waals surface area contributed by atoms with E-state index in [1.165, 1.54) is 33.5 Å². The summed E-state index contributed by atoms with van der Waals surface area (Å²) in [5, 5.41) is 0. The molecule has 2 amide bonds. The van der Waals surface area contributed by atoms with Crippen molar-refractivity contribution in [3.05, 3.63) is 45.0 Å². The van der Waals surface area contributed by atoms with Gasteiger partial charge in [0.25, 0.3) is 11.8 Å². The minimum absolute atomic E-state index is 0.231. The number of ether oxygens (including phenoxy) is 4. The van der Waals surface area contributed by atoms with Crippen molar-refractivity contribution in [2.75, 3.05) is 28.4 Å². The molecule has 0 bridgehead atoms. The highest BCUT2D eigenvalue weighted by Gasteiger charge is 2.17. The third-order valence-corrected chi connectivity index (χ3v) is 4.47. The van der Waals surface area contributed by atoms with Crippen LogP contribution in [0.1, 0.15) is 20.7 Å². The van der Waals surface area contributed by atoms with E-state index in [2.05, 4.69) is 33.4 Å². The largest absolute Gasteiger partial charge is 0.496 e. The van der Waals surface area contributed by atoms with Crippen LogP contribution >= 0.6 is 22.6 Å². The summed E-state index contributed by atoms with van der Waals surface area (Å²) < 4.78 is 21.6. The van der Waals surface area contributed by atoms with E-state index in [4.69, 9.17) is 18.9 Å². The minimum atomic E-state index is -0.536. The molecule has 0 aliphatic heterocycles. The predicted octanol–water partition coefficient (Wildman–Crippen LogP) is 2.40. The first-order valence-electron chi connectivity index (χ1n) is 7.69. The Morgan fingerprint density at radius 3 is 1.70 bits per heavy atom. The fourth-order valence-electron chi connectivity index (χ4n) is 2.28. The van der Waals surface area contributed by atoms with Crippen LogP contribution in [0, 0.1) is 3.57 Å². The Hall–Kier alpha value is -2.69. The van der Waals surface area contributed by atoms with E-state index in [1.54, 1.807) is 25.3 Å². The summed E-state index contributed by atoms with van der Waals surface area (Å²) in [5.41, 5.74) is 5.34. The molecule has 0 fully saturated rings. The molecule has 0 aliphatic rings. The lowest BCUT2D eigenvalue weighted by atomic mass is 10.1. The Morgan fingerprint density at radius 1 is 0.741 bits per heavy atom. The second-order valence-electron chi connectivity index (χ2n) is 5.17. The van der Waals surface area contributed by atoms with Crippen molar-refractivity contribution < 1.29 is 28.5 Å². The number of halogens is 1. The van der Waals surface area contributed by atoms with Crippen LogP contribution in [0.15, 0.2) is 30.3 Å². The van der Waals surface area contributed by atoms with E-state index in [0.29, 0.717) is 28.6 Å². The summed E-state index contributed by atoms with van der Waals surface area (Å²) in [5.74, 6) is 0.695. The van der Waals surface area contributed by atoms with E-state index in [-0.39, 0.29) is 5.56 Å². The van der Waals surface area contributed by atoms with Gasteiger partial charge in [-0.05, 0) is 52.9 Å². The number of carbonyl (C=O) groups is 2. The van der Waals surface area contributed by atoms with Crippen molar-refractivity contribution in [2.24, 2.45) is 0 Å². The molecule has 0 atom stereocenters. The lowest BCUT2D eigenvalue weighted by Gasteiger charge is -2.14. The molecule has 8 nitrogen and oxygen atoms in total. The number of rotatable bonds is 6. The minimum Gasteiger partial charge on any atom is -0.496 e. The van der Waals surface area contributed by atoms with Crippen LogP contribution in [0.5, 0.6) is 23.0 Å². The highest BCUT2D eigenvalue weighted by atomic mass is 127. The van der Waals surface area contributed by atoms with Crippen LogP contribution in [-0.2, 0) is 0 Å². The Balaban J connectivity index is 2.13. The second kappa shape index (κ2) is 9.31. The van der Waals surface area contributed by atoms with Gasteiger partial charge in [0.1, 0.15) is 5.75 Å². The first-order valence-corrected chi connectivity index (χ1v) is 8.77. The number of nitrogens with one attached hydrogen (secondary N) is 2. The van der Waals surface area contributed by atoms with E-state index >= 15 is 0 Å². The third kappa shape index (κ3) is 4.73. The number of benzene rings is 2. The zero-order chi connectivity index (χ0) is 20.0. The summed E-state index contributed by atoms with van der Waals surface area (Å²) in [4.78, 5) is 24.6. The van der Waals surface area contributed by atoms with Gasteiger partial charge < -0.3 is 18.9 Å². The summed E-state index contributed by atoms with van der Waals surface area (Å²) in [6, 6.07) is 7.90. The number of hydrazine groups is 1. The molecule has 2 rings (SSSR count). The molecule has 27 heavy (non-hydrogen) atoms. The van der Waals surface area contributed by atoms with Gasteiger partial charge >= 0.3 is 0 Å². The maximum Gasteiger partial charge on any atom is 0.269 e. The summed E-state index contributed by atoms with van der Waals surface area (Å²) in [6.07, 6.45) is 0. The lowest BCUT2D eigenvalue weighted by Crippen LogP contribution is -2.41. The smallest absolute Gasteiger partial charge is 0.269 e. The van der Waals surface area contributed by atoms with Crippen LogP contribution in [0.25, 0.3) is 0 Å². The monoisotopic (exact) mass is 486 g/mol. The van der Waals surface area contributed by atoms with Crippen LogP contribution < -0.4 is 29.8 Å². The normalized spacial score (nSPS) is 9.96. The van der Waals surface area contributed by atoms with Gasteiger partial charge in [0.15, 0.2) is 11.5 Å². The zero-order valence-electron chi connectivity index (χ0n) is 15.2. The van der Waals surface area contributed by atoms with Gasteiger partial charge in [-0.25, -0.2) is 0 Å². The van der Waals surface area contributed by atoms with Gasteiger partial charge in [0, 0.05) is 11.1 Å². The van der Waals surface area contributed by atoms with Gasteiger partial charge in [-0.1, -0.05) is 0 Å². The maximum absolute atomic E-state index is 12.4. The van der Waals surface area contributed by atoms with Crippen LogP contribution in [0.4, 0.5) is 0 Å². The van der Waals surface area contributed by atoms with E-state index in [9.17, 15) is 9.59 Å². The first kappa shape index (κ1) is 20.6. The Labute approximate surface area is 170 Å². The molecule has 0 saturated heterocycles. The van der Waals surface area contributed by atoms with E-state index in [0.717, 1.165) is 3.57 Å². The average Bonchev–Trinajstić information content (AvgIpc) is 2.70. The first-order chi connectivity index (χ1) is 12.9. The number of hydrogen-bond donors (Lipinski definition) is 2. The summed E-state index contributed by atoms with van der Waals surface area (Å²) >= 11 is 2.06. The molecule has 0 unspecified atom stereocenters. The molecule has 0 saturated carbocycles. The average molecular weight is 486 g/mol. The quantitative estimate of drug-likeness (QED) is 0.481. The van der Waals surface area contributed by atoms with Crippen molar-refractivity contribution >= 4 is 34.4 Å². The van der Waals surface area contributed by atoms with E-state index < -0.39 is 11.8 Å². The maximum atomic E-state index is 12.4. The molecule has 2 N–H and O–H groups in total. The van der Waals surface area contributed by atoms with Crippen molar-refractivity contribution in [1.82, 2.24) is 10.9 Å². The van der Waals surface area contributed by atoms with Crippen molar-refractivity contribution in [3.63, 3.8) is 0 Å². The molecule has 0 heterocycles. The fourth-order valence-corrected chi connectivity index (χ4v) is 3.01.